The van der Waals surface area contributed by atoms with Crippen molar-refractivity contribution in [2.75, 3.05) is 14.1 Å². The van der Waals surface area contributed by atoms with Crippen LogP contribution in [-0.2, 0) is 9.47 Å². The molecule has 1 aliphatic rings. The van der Waals surface area contributed by atoms with Crippen LogP contribution in [0.1, 0.15) is 32.6 Å². The molecule has 128 valence electrons. The lowest BCUT2D eigenvalue weighted by molar-refractivity contribution is -0.145. The molecule has 2 aromatic heterocycles. The molecule has 24 heavy (non-hydrogen) atoms. The minimum atomic E-state index is -0.698. The van der Waals surface area contributed by atoms with Crippen molar-refractivity contribution >= 4 is 23.5 Å². The first-order valence-electron chi connectivity index (χ1n) is 7.58. The van der Waals surface area contributed by atoms with Gasteiger partial charge in [0.25, 0.3) is 5.56 Å². The molecular formula is C15H20N6O3. The van der Waals surface area contributed by atoms with Crippen molar-refractivity contribution in [3.63, 3.8) is 0 Å². The highest BCUT2D eigenvalue weighted by Crippen LogP contribution is 2.37. The van der Waals surface area contributed by atoms with Crippen molar-refractivity contribution in [3.05, 3.63) is 22.2 Å². The van der Waals surface area contributed by atoms with E-state index in [-0.39, 0.29) is 29.3 Å². The van der Waals surface area contributed by atoms with Crippen molar-refractivity contribution in [3.8, 4) is 0 Å². The zero-order chi connectivity index (χ0) is 17.5. The minimum Gasteiger partial charge on any atom is -0.369 e. The van der Waals surface area contributed by atoms with E-state index in [1.54, 1.807) is 17.4 Å². The Morgan fingerprint density at radius 1 is 1.33 bits per heavy atom. The van der Waals surface area contributed by atoms with E-state index in [0.29, 0.717) is 5.69 Å². The third-order valence-corrected chi connectivity index (χ3v) is 3.43. The summed E-state index contributed by atoms with van der Waals surface area (Å²) in [6.07, 6.45) is 2.52. The maximum Gasteiger partial charge on any atom is 0.280 e. The first-order valence-corrected chi connectivity index (χ1v) is 7.58. The Kier molecular flexibility index (Phi) is 4.06. The van der Waals surface area contributed by atoms with E-state index in [9.17, 15) is 4.79 Å². The molecule has 1 N–H and O–H groups in total. The number of aromatic nitrogens is 4. The molecule has 0 bridgehead atoms. The molecule has 0 aromatic carbocycles. The van der Waals surface area contributed by atoms with Gasteiger partial charge in [0.1, 0.15) is 6.10 Å². The number of aliphatic imine (C=N–C) groups is 1. The Morgan fingerprint density at radius 2 is 2.08 bits per heavy atom. The second kappa shape index (κ2) is 5.91. The molecule has 1 fully saturated rings. The molecule has 9 nitrogen and oxygen atoms in total. The molecular weight excluding hydrogens is 312 g/mol. The highest BCUT2D eigenvalue weighted by molar-refractivity contribution is 5.70. The van der Waals surface area contributed by atoms with Gasteiger partial charge < -0.3 is 14.4 Å². The molecule has 3 rings (SSSR count). The van der Waals surface area contributed by atoms with E-state index in [0.717, 1.165) is 0 Å². The lowest BCUT2D eigenvalue weighted by atomic mass is 10.2. The third kappa shape index (κ3) is 3.26. The monoisotopic (exact) mass is 332 g/mol. The predicted octanol–water partition coefficient (Wildman–Crippen LogP) is 1.15. The first-order chi connectivity index (χ1) is 11.2. The van der Waals surface area contributed by atoms with Crippen LogP contribution in [0.15, 0.2) is 16.0 Å². The van der Waals surface area contributed by atoms with Crippen LogP contribution in [0.5, 0.6) is 0 Å². The highest BCUT2D eigenvalue weighted by atomic mass is 16.7. The van der Waals surface area contributed by atoms with Crippen molar-refractivity contribution < 1.29 is 9.47 Å². The van der Waals surface area contributed by atoms with Crippen molar-refractivity contribution in [2.45, 2.75) is 38.8 Å². The van der Waals surface area contributed by atoms with Gasteiger partial charge in [0.15, 0.2) is 17.0 Å². The molecule has 2 unspecified atom stereocenters. The van der Waals surface area contributed by atoms with E-state index in [1.807, 2.05) is 34.9 Å². The largest absolute Gasteiger partial charge is 0.369 e. The van der Waals surface area contributed by atoms with Gasteiger partial charge in [0.05, 0.1) is 24.3 Å². The maximum absolute atomic E-state index is 12.3. The van der Waals surface area contributed by atoms with Crippen LogP contribution in [0, 0.1) is 0 Å². The quantitative estimate of drug-likeness (QED) is 0.664. The highest BCUT2D eigenvalue weighted by Gasteiger charge is 2.40. The average Bonchev–Trinajstić information content (AvgIpc) is 2.78. The van der Waals surface area contributed by atoms with Gasteiger partial charge in [-0.25, -0.2) is 15.0 Å². The summed E-state index contributed by atoms with van der Waals surface area (Å²) in [5, 5.41) is 0. The van der Waals surface area contributed by atoms with Gasteiger partial charge in [-0.05, 0) is 20.8 Å². The summed E-state index contributed by atoms with van der Waals surface area (Å²) in [4.78, 5) is 33.5. The molecule has 0 saturated carbocycles. The number of hydrogen-bond acceptors (Lipinski definition) is 7. The topological polar surface area (TPSA) is 106 Å². The van der Waals surface area contributed by atoms with Gasteiger partial charge >= 0.3 is 0 Å². The van der Waals surface area contributed by atoms with E-state index in [1.165, 1.54) is 0 Å². The summed E-state index contributed by atoms with van der Waals surface area (Å²) in [5.74, 6) is -0.519. The Balaban J connectivity index is 1.99. The summed E-state index contributed by atoms with van der Waals surface area (Å²) in [7, 11) is 3.64. The summed E-state index contributed by atoms with van der Waals surface area (Å²) in [6.45, 7) is 5.57. The van der Waals surface area contributed by atoms with Crippen LogP contribution in [0.4, 0.5) is 5.95 Å². The van der Waals surface area contributed by atoms with Gasteiger partial charge in [-0.15, -0.1) is 0 Å². The van der Waals surface area contributed by atoms with Gasteiger partial charge in [-0.1, -0.05) is 0 Å². The van der Waals surface area contributed by atoms with Crippen LogP contribution in [-0.4, -0.2) is 57.2 Å². The predicted molar refractivity (Wildman–Crippen MR) is 88.2 cm³/mol. The number of fused-ring (bicyclic) bond motifs is 1. The number of hydrogen-bond donors (Lipinski definition) is 1. The van der Waals surface area contributed by atoms with Gasteiger partial charge in [0, 0.05) is 14.1 Å². The number of rotatable bonds is 3. The fraction of sp³-hybridized carbons (Fsp3) is 0.533. The van der Waals surface area contributed by atoms with Crippen molar-refractivity contribution in [1.29, 1.82) is 0 Å². The molecule has 0 radical (unpaired) electrons. The van der Waals surface area contributed by atoms with Crippen LogP contribution in [0.2, 0.25) is 0 Å². The maximum atomic E-state index is 12.3. The van der Waals surface area contributed by atoms with E-state index in [4.69, 9.17) is 9.47 Å². The second-order valence-corrected chi connectivity index (χ2v) is 6.33. The third-order valence-electron chi connectivity index (χ3n) is 3.43. The summed E-state index contributed by atoms with van der Waals surface area (Å²) < 4.78 is 11.6. The van der Waals surface area contributed by atoms with Crippen molar-refractivity contribution in [2.24, 2.45) is 4.99 Å². The Morgan fingerprint density at radius 3 is 2.71 bits per heavy atom. The van der Waals surface area contributed by atoms with Gasteiger partial charge in [0.2, 0.25) is 5.95 Å². The van der Waals surface area contributed by atoms with Crippen LogP contribution >= 0.6 is 0 Å². The smallest absolute Gasteiger partial charge is 0.280 e. The molecule has 9 heteroatoms. The van der Waals surface area contributed by atoms with Crippen LogP contribution in [0.3, 0.4) is 0 Å². The fourth-order valence-corrected chi connectivity index (χ4v) is 2.53. The van der Waals surface area contributed by atoms with E-state index < -0.39 is 11.3 Å². The molecule has 1 saturated heterocycles. The average molecular weight is 332 g/mol. The lowest BCUT2D eigenvalue weighted by Gasteiger charge is -2.16. The van der Waals surface area contributed by atoms with E-state index in [2.05, 4.69) is 24.9 Å². The van der Waals surface area contributed by atoms with Crippen LogP contribution < -0.4 is 5.56 Å². The number of nitrogens with zero attached hydrogens (tertiary/aromatic N) is 5. The number of nitrogens with one attached hydrogen (secondary N) is 1. The molecule has 0 spiro atoms. The summed E-state index contributed by atoms with van der Waals surface area (Å²) in [5.41, 5.74) is 0.527. The standard InChI is InChI=1S/C15H20N6O3/c1-8-11(24-15(2,3)23-8)9-6-16-12-10(18-9)13(22)20-14(19-12)17-7-21(4)5/h6-8,11H,1-5H3,(H,16,19,20,22)/b17-7+. The molecule has 0 amide bonds. The number of aromatic amines is 1. The normalized spacial score (nSPS) is 23.2. The SMILES string of the molecule is CC1OC(C)(C)OC1c1cnc2nc(/N=C/N(C)C)[nH]c(=O)c2n1. The summed E-state index contributed by atoms with van der Waals surface area (Å²) >= 11 is 0. The van der Waals surface area contributed by atoms with Crippen molar-refractivity contribution in [1.82, 2.24) is 24.8 Å². The lowest BCUT2D eigenvalue weighted by Crippen LogP contribution is -2.20. The minimum absolute atomic E-state index is 0.150. The Hall–Kier alpha value is -2.39. The second-order valence-electron chi connectivity index (χ2n) is 6.33. The molecule has 3 heterocycles. The number of H-pyrrole nitrogens is 1. The Labute approximate surface area is 138 Å². The van der Waals surface area contributed by atoms with Gasteiger partial charge in [-0.2, -0.15) is 4.98 Å². The zero-order valence-corrected chi connectivity index (χ0v) is 14.3. The molecule has 1 aliphatic heterocycles. The number of ether oxygens (including phenoxy) is 2. The molecule has 0 aliphatic carbocycles. The van der Waals surface area contributed by atoms with Gasteiger partial charge in [-0.3, -0.25) is 9.78 Å². The Bertz CT molecular complexity index is 845. The summed E-state index contributed by atoms with van der Waals surface area (Å²) in [6, 6.07) is 0. The fourth-order valence-electron chi connectivity index (χ4n) is 2.53. The first kappa shape index (κ1) is 16.5. The molecule has 2 atom stereocenters. The van der Waals surface area contributed by atoms with Crippen LogP contribution in [0.25, 0.3) is 11.2 Å². The van der Waals surface area contributed by atoms with E-state index >= 15 is 0 Å². The zero-order valence-electron chi connectivity index (χ0n) is 14.3. The molecule has 2 aromatic rings.